The molecule has 0 amide bonds. The Morgan fingerprint density at radius 3 is 2.52 bits per heavy atom. The first-order chi connectivity index (χ1) is 13.1. The maximum atomic E-state index is 10.3. The third-order valence-corrected chi connectivity index (χ3v) is 6.73. The number of nitriles is 1. The van der Waals surface area contributed by atoms with E-state index in [9.17, 15) is 10.4 Å². The SMILES string of the molecule is N#CC(=CNc1cc(C23CC4CC(CC(C4)C2)C3)ccc1O)c1nn[nH]n1. The van der Waals surface area contributed by atoms with Gasteiger partial charge in [-0.2, -0.15) is 10.5 Å². The number of aromatic amines is 1. The molecule has 7 heteroatoms. The molecule has 27 heavy (non-hydrogen) atoms. The van der Waals surface area contributed by atoms with E-state index in [0.717, 1.165) is 17.8 Å². The van der Waals surface area contributed by atoms with Gasteiger partial charge >= 0.3 is 0 Å². The summed E-state index contributed by atoms with van der Waals surface area (Å²) in [6.07, 6.45) is 9.54. The number of nitrogens with zero attached hydrogens (tertiary/aromatic N) is 4. The van der Waals surface area contributed by atoms with E-state index in [1.165, 1.54) is 50.3 Å². The number of tetrazole rings is 1. The molecule has 0 spiro atoms. The van der Waals surface area contributed by atoms with Crippen LogP contribution in [0.5, 0.6) is 5.75 Å². The van der Waals surface area contributed by atoms with Gasteiger partial charge in [0.15, 0.2) is 0 Å². The van der Waals surface area contributed by atoms with Crippen LogP contribution >= 0.6 is 0 Å². The smallest absolute Gasteiger partial charge is 0.216 e. The van der Waals surface area contributed by atoms with E-state index < -0.39 is 0 Å². The summed E-state index contributed by atoms with van der Waals surface area (Å²) in [6, 6.07) is 7.96. The number of aromatic nitrogens is 4. The Kier molecular flexibility index (Phi) is 3.67. The van der Waals surface area contributed by atoms with Gasteiger partial charge in [-0.15, -0.1) is 10.2 Å². The Morgan fingerprint density at radius 1 is 1.22 bits per heavy atom. The molecule has 1 heterocycles. The van der Waals surface area contributed by atoms with Gasteiger partial charge < -0.3 is 10.4 Å². The molecule has 4 bridgehead atoms. The fourth-order valence-corrected chi connectivity index (χ4v) is 6.02. The molecule has 4 fully saturated rings. The van der Waals surface area contributed by atoms with Crippen molar-refractivity contribution in [3.8, 4) is 11.8 Å². The fourth-order valence-electron chi connectivity index (χ4n) is 6.02. The molecule has 0 aliphatic heterocycles. The molecule has 4 saturated carbocycles. The lowest BCUT2D eigenvalue weighted by Gasteiger charge is -2.57. The van der Waals surface area contributed by atoms with E-state index in [4.69, 9.17) is 0 Å². The third kappa shape index (κ3) is 2.76. The van der Waals surface area contributed by atoms with Gasteiger partial charge in [-0.1, -0.05) is 6.07 Å². The number of allylic oxidation sites excluding steroid dienone is 1. The highest BCUT2D eigenvalue weighted by atomic mass is 16.3. The molecular weight excluding hydrogens is 340 g/mol. The Bertz CT molecular complexity index is 891. The van der Waals surface area contributed by atoms with Gasteiger partial charge in [-0.05, 0) is 84.6 Å². The van der Waals surface area contributed by atoms with Gasteiger partial charge in [0, 0.05) is 6.20 Å². The molecule has 138 valence electrons. The summed E-state index contributed by atoms with van der Waals surface area (Å²) in [7, 11) is 0. The van der Waals surface area contributed by atoms with Gasteiger partial charge in [-0.3, -0.25) is 0 Å². The van der Waals surface area contributed by atoms with E-state index in [0.29, 0.717) is 5.69 Å². The summed E-state index contributed by atoms with van der Waals surface area (Å²) in [6.45, 7) is 0. The number of rotatable bonds is 4. The van der Waals surface area contributed by atoms with Crippen LogP contribution in [0.15, 0.2) is 24.4 Å². The van der Waals surface area contributed by atoms with Crippen LogP contribution in [0, 0.1) is 29.1 Å². The van der Waals surface area contributed by atoms with Crippen molar-refractivity contribution >= 4 is 11.3 Å². The van der Waals surface area contributed by atoms with Gasteiger partial charge in [0.1, 0.15) is 17.4 Å². The third-order valence-electron chi connectivity index (χ3n) is 6.73. The molecule has 6 rings (SSSR count). The fraction of sp³-hybridized carbons (Fsp3) is 0.500. The first-order valence-electron chi connectivity index (χ1n) is 9.59. The second kappa shape index (κ2) is 6.08. The number of phenolic OH excluding ortho intramolecular Hbond substituents is 1. The summed E-state index contributed by atoms with van der Waals surface area (Å²) in [4.78, 5) is 0. The minimum Gasteiger partial charge on any atom is -0.506 e. The van der Waals surface area contributed by atoms with Crippen molar-refractivity contribution in [2.75, 3.05) is 5.32 Å². The van der Waals surface area contributed by atoms with Crippen LogP contribution in [0.2, 0.25) is 0 Å². The van der Waals surface area contributed by atoms with Crippen LogP contribution in [-0.2, 0) is 5.41 Å². The first kappa shape index (κ1) is 16.3. The summed E-state index contributed by atoms with van der Waals surface area (Å²) in [5, 5.41) is 36.2. The molecule has 2 aromatic rings. The van der Waals surface area contributed by atoms with Crippen molar-refractivity contribution in [2.45, 2.75) is 43.9 Å². The van der Waals surface area contributed by atoms with E-state index in [1.807, 2.05) is 6.07 Å². The highest BCUT2D eigenvalue weighted by molar-refractivity contribution is 5.75. The number of hydrogen-bond donors (Lipinski definition) is 3. The largest absolute Gasteiger partial charge is 0.506 e. The highest BCUT2D eigenvalue weighted by Gasteiger charge is 2.51. The van der Waals surface area contributed by atoms with Gasteiger partial charge in [0.05, 0.1) is 5.69 Å². The van der Waals surface area contributed by atoms with E-state index >= 15 is 0 Å². The normalized spacial score (nSPS) is 31.7. The summed E-state index contributed by atoms with van der Waals surface area (Å²) >= 11 is 0. The Morgan fingerprint density at radius 2 is 1.93 bits per heavy atom. The predicted molar refractivity (Wildman–Crippen MR) is 99.3 cm³/mol. The Balaban J connectivity index is 1.45. The molecule has 0 saturated heterocycles. The molecule has 3 N–H and O–H groups in total. The van der Waals surface area contributed by atoms with Gasteiger partial charge in [-0.25, -0.2) is 0 Å². The lowest BCUT2D eigenvalue weighted by atomic mass is 9.48. The molecule has 1 aromatic heterocycles. The summed E-state index contributed by atoms with van der Waals surface area (Å²) < 4.78 is 0. The Labute approximate surface area is 157 Å². The van der Waals surface area contributed by atoms with E-state index in [2.05, 4.69) is 38.1 Å². The van der Waals surface area contributed by atoms with Crippen LogP contribution in [0.25, 0.3) is 5.57 Å². The second-order valence-corrected chi connectivity index (χ2v) is 8.48. The molecule has 7 nitrogen and oxygen atoms in total. The summed E-state index contributed by atoms with van der Waals surface area (Å²) in [5.74, 6) is 2.99. The van der Waals surface area contributed by atoms with Crippen molar-refractivity contribution in [1.82, 2.24) is 20.6 Å². The van der Waals surface area contributed by atoms with Crippen molar-refractivity contribution in [1.29, 1.82) is 5.26 Å². The molecule has 0 atom stereocenters. The number of hydrogen-bond acceptors (Lipinski definition) is 6. The van der Waals surface area contributed by atoms with E-state index in [1.54, 1.807) is 6.07 Å². The standard InChI is InChI=1S/C20H22N6O/c21-10-15(19-23-25-26-24-19)11-22-17-6-16(1-2-18(17)27)20-7-12-3-13(8-20)5-14(4-12)9-20/h1-2,6,11-14,22,27H,3-5,7-9H2,(H,23,24,25,26). The van der Waals surface area contributed by atoms with Crippen molar-refractivity contribution in [2.24, 2.45) is 17.8 Å². The maximum absolute atomic E-state index is 10.3. The predicted octanol–water partition coefficient (Wildman–Crippen LogP) is 3.35. The van der Waals surface area contributed by atoms with Gasteiger partial charge in [0.25, 0.3) is 0 Å². The highest BCUT2D eigenvalue weighted by Crippen LogP contribution is 2.61. The number of benzene rings is 1. The molecule has 4 aliphatic carbocycles. The van der Waals surface area contributed by atoms with Crippen LogP contribution in [-0.4, -0.2) is 25.7 Å². The topological polar surface area (TPSA) is 111 Å². The zero-order chi connectivity index (χ0) is 18.4. The van der Waals surface area contributed by atoms with Crippen LogP contribution < -0.4 is 5.32 Å². The minimum atomic E-state index is 0.171. The number of aromatic hydroxyl groups is 1. The zero-order valence-corrected chi connectivity index (χ0v) is 15.0. The number of nitrogens with one attached hydrogen (secondary N) is 2. The molecule has 1 aromatic carbocycles. The average Bonchev–Trinajstić information content (AvgIpc) is 3.17. The zero-order valence-electron chi connectivity index (χ0n) is 15.0. The van der Waals surface area contributed by atoms with Crippen molar-refractivity contribution in [3.05, 3.63) is 35.8 Å². The van der Waals surface area contributed by atoms with Crippen LogP contribution in [0.1, 0.15) is 49.9 Å². The average molecular weight is 362 g/mol. The number of H-pyrrole nitrogens is 1. The maximum Gasteiger partial charge on any atom is 0.216 e. The van der Waals surface area contributed by atoms with E-state index in [-0.39, 0.29) is 22.6 Å². The Hall–Kier alpha value is -2.88. The second-order valence-electron chi connectivity index (χ2n) is 8.48. The lowest BCUT2D eigenvalue weighted by Crippen LogP contribution is -2.48. The monoisotopic (exact) mass is 362 g/mol. The van der Waals surface area contributed by atoms with Crippen LogP contribution in [0.4, 0.5) is 5.69 Å². The summed E-state index contributed by atoms with van der Waals surface area (Å²) in [5.41, 5.74) is 2.44. The first-order valence-corrected chi connectivity index (χ1v) is 9.59. The molecule has 4 aliphatic rings. The molecular formula is C20H22N6O. The molecule has 0 radical (unpaired) electrons. The minimum absolute atomic E-state index is 0.171. The quantitative estimate of drug-likeness (QED) is 0.568. The van der Waals surface area contributed by atoms with Crippen LogP contribution in [0.3, 0.4) is 0 Å². The molecule has 0 unspecified atom stereocenters. The lowest BCUT2D eigenvalue weighted by molar-refractivity contribution is -0.00517. The van der Waals surface area contributed by atoms with Crippen molar-refractivity contribution < 1.29 is 5.11 Å². The van der Waals surface area contributed by atoms with Gasteiger partial charge in [0.2, 0.25) is 5.82 Å². The number of anilines is 1. The van der Waals surface area contributed by atoms with Crippen molar-refractivity contribution in [3.63, 3.8) is 0 Å². The number of phenols is 1.